The molecule has 0 fully saturated rings. The number of ether oxygens (including phenoxy) is 1. The van der Waals surface area contributed by atoms with Crippen molar-refractivity contribution < 1.29 is 4.74 Å². The predicted molar refractivity (Wildman–Crippen MR) is 77.0 cm³/mol. The van der Waals surface area contributed by atoms with Crippen LogP contribution in [-0.4, -0.2) is 23.6 Å². The van der Waals surface area contributed by atoms with Crippen LogP contribution < -0.4 is 10.1 Å². The van der Waals surface area contributed by atoms with E-state index in [2.05, 4.69) is 33.5 Å². The van der Waals surface area contributed by atoms with Gasteiger partial charge < -0.3 is 15.0 Å². The Morgan fingerprint density at radius 2 is 2.20 bits per heavy atom. The van der Waals surface area contributed by atoms with Gasteiger partial charge in [0.25, 0.3) is 0 Å². The summed E-state index contributed by atoms with van der Waals surface area (Å²) in [6, 6.07) is 6.44. The molecule has 0 unspecified atom stereocenters. The first-order valence-corrected chi connectivity index (χ1v) is 7.24. The highest BCUT2D eigenvalue weighted by Crippen LogP contribution is 2.39. The topological polar surface area (TPSA) is 49.9 Å². The Balaban J connectivity index is 1.77. The first kappa shape index (κ1) is 12.0. The van der Waals surface area contributed by atoms with E-state index in [1.807, 2.05) is 6.33 Å². The third-order valence-electron chi connectivity index (χ3n) is 4.74. The maximum absolute atomic E-state index is 5.37. The Bertz CT molecular complexity index is 649. The van der Waals surface area contributed by atoms with Gasteiger partial charge in [0, 0.05) is 18.7 Å². The number of nitrogens with zero attached hydrogens (tertiary/aromatic N) is 1. The number of aromatic amines is 1. The molecule has 104 valence electrons. The Hall–Kier alpha value is -1.81. The number of H-pyrrole nitrogens is 1. The van der Waals surface area contributed by atoms with Crippen LogP contribution in [0.1, 0.15) is 28.9 Å². The normalized spacial score (nSPS) is 24.2. The van der Waals surface area contributed by atoms with E-state index in [0.717, 1.165) is 38.0 Å². The fraction of sp³-hybridized carbons (Fsp3) is 0.438. The standard InChI is InChI=1S/C16H19N3O/c1-20-13-3-2-11-4-6-16(9-12(11)8-13)15-14(5-7-19-16)17-10-18-15/h2-3,8,10,19H,4-7,9H2,1H3,(H,17,18)/t16-/m0/s1. The molecule has 1 aromatic heterocycles. The van der Waals surface area contributed by atoms with Crippen LogP contribution in [0.3, 0.4) is 0 Å². The average molecular weight is 269 g/mol. The van der Waals surface area contributed by atoms with Crippen molar-refractivity contribution in [1.29, 1.82) is 0 Å². The minimum Gasteiger partial charge on any atom is -0.497 e. The molecule has 0 saturated carbocycles. The van der Waals surface area contributed by atoms with Crippen molar-refractivity contribution in [2.75, 3.05) is 13.7 Å². The van der Waals surface area contributed by atoms with Gasteiger partial charge in [-0.2, -0.15) is 0 Å². The van der Waals surface area contributed by atoms with Crippen LogP contribution in [0.5, 0.6) is 5.75 Å². The monoisotopic (exact) mass is 269 g/mol. The van der Waals surface area contributed by atoms with Crippen molar-refractivity contribution in [2.24, 2.45) is 0 Å². The summed E-state index contributed by atoms with van der Waals surface area (Å²) >= 11 is 0. The van der Waals surface area contributed by atoms with Crippen molar-refractivity contribution in [2.45, 2.75) is 31.2 Å². The van der Waals surface area contributed by atoms with Crippen molar-refractivity contribution in [1.82, 2.24) is 15.3 Å². The number of hydrogen-bond acceptors (Lipinski definition) is 3. The summed E-state index contributed by atoms with van der Waals surface area (Å²) in [5.41, 5.74) is 5.36. The summed E-state index contributed by atoms with van der Waals surface area (Å²) in [5.74, 6) is 0.943. The first-order valence-electron chi connectivity index (χ1n) is 7.24. The lowest BCUT2D eigenvalue weighted by Crippen LogP contribution is -2.51. The zero-order chi connectivity index (χ0) is 13.6. The van der Waals surface area contributed by atoms with Gasteiger partial charge in [0.05, 0.1) is 24.7 Å². The molecule has 4 rings (SSSR count). The predicted octanol–water partition coefficient (Wildman–Crippen LogP) is 1.95. The van der Waals surface area contributed by atoms with Gasteiger partial charge in [0.1, 0.15) is 5.75 Å². The molecule has 1 atom stereocenters. The number of methoxy groups -OCH3 is 1. The van der Waals surface area contributed by atoms with Gasteiger partial charge in [-0.1, -0.05) is 6.07 Å². The molecule has 0 amide bonds. The Morgan fingerprint density at radius 1 is 1.25 bits per heavy atom. The molecule has 0 saturated heterocycles. The van der Waals surface area contributed by atoms with Gasteiger partial charge in [-0.05, 0) is 42.5 Å². The summed E-state index contributed by atoms with van der Waals surface area (Å²) in [5, 5.41) is 3.73. The SMILES string of the molecule is COc1ccc2c(c1)C[C@]1(CC2)NCCc2[nH]cnc21. The number of fused-ring (bicyclic) bond motifs is 3. The van der Waals surface area contributed by atoms with E-state index in [-0.39, 0.29) is 5.54 Å². The van der Waals surface area contributed by atoms with E-state index in [4.69, 9.17) is 4.74 Å². The van der Waals surface area contributed by atoms with Crippen molar-refractivity contribution in [3.8, 4) is 5.75 Å². The van der Waals surface area contributed by atoms with Crippen LogP contribution in [0, 0.1) is 0 Å². The zero-order valence-electron chi connectivity index (χ0n) is 11.7. The highest BCUT2D eigenvalue weighted by Gasteiger charge is 2.41. The summed E-state index contributed by atoms with van der Waals surface area (Å²) in [4.78, 5) is 7.90. The number of nitrogens with one attached hydrogen (secondary N) is 2. The molecule has 2 aromatic rings. The average Bonchev–Trinajstić information content (AvgIpc) is 2.97. The highest BCUT2D eigenvalue weighted by molar-refractivity contribution is 5.41. The molecule has 4 heteroatoms. The minimum absolute atomic E-state index is 0.00689. The van der Waals surface area contributed by atoms with Crippen LogP contribution in [0.25, 0.3) is 0 Å². The second-order valence-electron chi connectivity index (χ2n) is 5.80. The second-order valence-corrected chi connectivity index (χ2v) is 5.80. The van der Waals surface area contributed by atoms with Gasteiger partial charge >= 0.3 is 0 Å². The fourth-order valence-electron chi connectivity index (χ4n) is 3.69. The molecule has 0 radical (unpaired) electrons. The van der Waals surface area contributed by atoms with Crippen molar-refractivity contribution >= 4 is 0 Å². The molecule has 2 heterocycles. The van der Waals surface area contributed by atoms with E-state index in [0.29, 0.717) is 0 Å². The molecular formula is C16H19N3O. The van der Waals surface area contributed by atoms with Gasteiger partial charge in [-0.3, -0.25) is 0 Å². The number of rotatable bonds is 1. The lowest BCUT2D eigenvalue weighted by Gasteiger charge is -2.41. The molecule has 1 aliphatic heterocycles. The summed E-state index contributed by atoms with van der Waals surface area (Å²) in [7, 11) is 1.73. The summed E-state index contributed by atoms with van der Waals surface area (Å²) < 4.78 is 5.37. The Kier molecular flexibility index (Phi) is 2.60. The number of aromatic nitrogens is 2. The van der Waals surface area contributed by atoms with E-state index in [9.17, 15) is 0 Å². The number of imidazole rings is 1. The quantitative estimate of drug-likeness (QED) is 0.832. The van der Waals surface area contributed by atoms with E-state index in [1.54, 1.807) is 7.11 Å². The Morgan fingerprint density at radius 3 is 3.10 bits per heavy atom. The molecule has 1 aliphatic carbocycles. The summed E-state index contributed by atoms with van der Waals surface area (Å²) in [6.45, 7) is 1.02. The summed E-state index contributed by atoms with van der Waals surface area (Å²) in [6.07, 6.45) is 6.09. The van der Waals surface area contributed by atoms with Gasteiger partial charge in [-0.25, -0.2) is 4.98 Å². The van der Waals surface area contributed by atoms with Crippen LogP contribution in [0.15, 0.2) is 24.5 Å². The number of hydrogen-bond donors (Lipinski definition) is 2. The molecule has 0 bridgehead atoms. The molecule has 20 heavy (non-hydrogen) atoms. The van der Waals surface area contributed by atoms with E-state index < -0.39 is 0 Å². The van der Waals surface area contributed by atoms with Gasteiger partial charge in [0.15, 0.2) is 0 Å². The maximum Gasteiger partial charge on any atom is 0.119 e. The lowest BCUT2D eigenvalue weighted by atomic mass is 9.74. The molecule has 1 spiro atoms. The van der Waals surface area contributed by atoms with Crippen molar-refractivity contribution in [3.05, 3.63) is 47.0 Å². The lowest BCUT2D eigenvalue weighted by molar-refractivity contribution is 0.268. The van der Waals surface area contributed by atoms with Gasteiger partial charge in [-0.15, -0.1) is 0 Å². The molecule has 1 aromatic carbocycles. The minimum atomic E-state index is 0.00689. The fourth-order valence-corrected chi connectivity index (χ4v) is 3.69. The van der Waals surface area contributed by atoms with E-state index >= 15 is 0 Å². The van der Waals surface area contributed by atoms with Crippen LogP contribution >= 0.6 is 0 Å². The smallest absolute Gasteiger partial charge is 0.119 e. The maximum atomic E-state index is 5.37. The third-order valence-corrected chi connectivity index (χ3v) is 4.74. The van der Waals surface area contributed by atoms with Gasteiger partial charge in [0.2, 0.25) is 0 Å². The molecule has 4 nitrogen and oxygen atoms in total. The first-order chi connectivity index (χ1) is 9.81. The second kappa shape index (κ2) is 4.35. The Labute approximate surface area is 118 Å². The molecule has 2 aliphatic rings. The highest BCUT2D eigenvalue weighted by atomic mass is 16.5. The van der Waals surface area contributed by atoms with Crippen LogP contribution in [-0.2, 0) is 24.8 Å². The van der Waals surface area contributed by atoms with Crippen LogP contribution in [0.4, 0.5) is 0 Å². The third kappa shape index (κ3) is 1.68. The number of benzene rings is 1. The van der Waals surface area contributed by atoms with Crippen molar-refractivity contribution in [3.63, 3.8) is 0 Å². The van der Waals surface area contributed by atoms with E-state index in [1.165, 1.54) is 22.5 Å². The molecule has 2 N–H and O–H groups in total. The number of aryl methyl sites for hydroxylation is 1. The molecular weight excluding hydrogens is 250 g/mol. The largest absolute Gasteiger partial charge is 0.497 e. The van der Waals surface area contributed by atoms with Crippen LogP contribution in [0.2, 0.25) is 0 Å². The zero-order valence-corrected chi connectivity index (χ0v) is 11.7.